The summed E-state index contributed by atoms with van der Waals surface area (Å²) in [4.78, 5) is 11.5. The number of benzene rings is 1. The molecule has 0 radical (unpaired) electrons. The molecular formula is C17H20N6O2S. The van der Waals surface area contributed by atoms with Crippen molar-refractivity contribution in [3.63, 3.8) is 0 Å². The van der Waals surface area contributed by atoms with Gasteiger partial charge in [0.15, 0.2) is 12.4 Å². The maximum absolute atomic E-state index is 11.5. The van der Waals surface area contributed by atoms with Crippen molar-refractivity contribution in [3.8, 4) is 5.75 Å². The molecule has 26 heavy (non-hydrogen) atoms. The van der Waals surface area contributed by atoms with Crippen molar-refractivity contribution in [3.05, 3.63) is 35.0 Å². The molecule has 9 heteroatoms. The van der Waals surface area contributed by atoms with Gasteiger partial charge in [0, 0.05) is 11.0 Å². The van der Waals surface area contributed by atoms with E-state index in [1.165, 1.54) is 11.8 Å². The zero-order valence-corrected chi connectivity index (χ0v) is 15.3. The van der Waals surface area contributed by atoms with Crippen LogP contribution in [0.3, 0.4) is 0 Å². The first kappa shape index (κ1) is 16.9. The molecule has 0 saturated carbocycles. The van der Waals surface area contributed by atoms with E-state index >= 15 is 0 Å². The summed E-state index contributed by atoms with van der Waals surface area (Å²) in [6.45, 7) is 4.30. The van der Waals surface area contributed by atoms with Crippen LogP contribution in [-0.4, -0.2) is 27.4 Å². The highest BCUT2D eigenvalue weighted by atomic mass is 32.2. The minimum absolute atomic E-state index is 0.0459. The molecule has 2 aliphatic heterocycles. The first-order chi connectivity index (χ1) is 12.5. The molecule has 1 aromatic carbocycles. The van der Waals surface area contributed by atoms with E-state index in [0.29, 0.717) is 23.2 Å². The molecule has 0 bridgehead atoms. The lowest BCUT2D eigenvalue weighted by Gasteiger charge is -2.23. The number of thioether (sulfide) groups is 1. The summed E-state index contributed by atoms with van der Waals surface area (Å²) in [6.07, 6.45) is 0.825. The molecule has 3 heterocycles. The van der Waals surface area contributed by atoms with Gasteiger partial charge in [-0.05, 0) is 30.5 Å². The normalized spacial score (nSPS) is 16.8. The number of hydrogen-bond acceptors (Lipinski definition) is 7. The number of hydrogen-bond donors (Lipinski definition) is 3. The van der Waals surface area contributed by atoms with Crippen LogP contribution in [0.5, 0.6) is 5.75 Å². The number of ether oxygens (including phenoxy) is 1. The molecule has 1 atom stereocenters. The van der Waals surface area contributed by atoms with Crippen molar-refractivity contribution in [2.75, 3.05) is 17.3 Å². The Morgan fingerprint density at radius 1 is 1.38 bits per heavy atom. The molecule has 4 rings (SSSR count). The number of nitrogens with two attached hydrogens (primary N) is 1. The average Bonchev–Trinajstić information content (AvgIpc) is 3.03. The highest BCUT2D eigenvalue weighted by Gasteiger charge is 2.24. The fourth-order valence-corrected chi connectivity index (χ4v) is 3.70. The Kier molecular flexibility index (Phi) is 4.33. The van der Waals surface area contributed by atoms with Gasteiger partial charge in [-0.25, -0.2) is 4.68 Å². The summed E-state index contributed by atoms with van der Waals surface area (Å²) >= 11 is 1.48. The predicted molar refractivity (Wildman–Crippen MR) is 100 cm³/mol. The summed E-state index contributed by atoms with van der Waals surface area (Å²) in [5.41, 5.74) is 12.1. The minimum atomic E-state index is -0.195. The number of aromatic nitrogens is 3. The summed E-state index contributed by atoms with van der Waals surface area (Å²) in [7, 11) is 0. The number of carbonyl (C=O) groups excluding carboxylic acids is 1. The van der Waals surface area contributed by atoms with Gasteiger partial charge in [0.25, 0.3) is 5.91 Å². The van der Waals surface area contributed by atoms with Crippen LogP contribution in [-0.2, 0) is 4.79 Å². The Morgan fingerprint density at radius 2 is 2.23 bits per heavy atom. The Morgan fingerprint density at radius 3 is 3.04 bits per heavy atom. The molecule has 2 aliphatic rings. The third kappa shape index (κ3) is 3.15. The standard InChI is InChI=1S/C17H20N6O2S/c1-9(2)5-11(18)16-20-21-17-23(16)22-13(8-26-17)10-3-4-14-12(6-10)19-15(24)7-25-14/h3-4,6,8-9,11,22H,5,7,18H2,1-2H3,(H,19,24)/t11-/m0/s1. The number of rotatable bonds is 4. The van der Waals surface area contributed by atoms with Gasteiger partial charge in [-0.1, -0.05) is 25.6 Å². The van der Waals surface area contributed by atoms with E-state index in [0.717, 1.165) is 22.8 Å². The van der Waals surface area contributed by atoms with Gasteiger partial charge >= 0.3 is 0 Å². The van der Waals surface area contributed by atoms with Crippen LogP contribution in [0.15, 0.2) is 28.8 Å². The number of anilines is 1. The number of carbonyl (C=O) groups is 1. The molecule has 0 unspecified atom stereocenters. The lowest BCUT2D eigenvalue weighted by molar-refractivity contribution is -0.118. The van der Waals surface area contributed by atoms with Crippen molar-refractivity contribution in [1.29, 1.82) is 0 Å². The van der Waals surface area contributed by atoms with E-state index < -0.39 is 0 Å². The van der Waals surface area contributed by atoms with Crippen LogP contribution in [0, 0.1) is 5.92 Å². The first-order valence-corrected chi connectivity index (χ1v) is 9.31. The van der Waals surface area contributed by atoms with Gasteiger partial charge < -0.3 is 15.8 Å². The summed E-state index contributed by atoms with van der Waals surface area (Å²) < 4.78 is 7.25. The first-order valence-electron chi connectivity index (χ1n) is 8.43. The van der Waals surface area contributed by atoms with Crippen LogP contribution in [0.25, 0.3) is 5.70 Å². The van der Waals surface area contributed by atoms with Crippen molar-refractivity contribution >= 4 is 29.1 Å². The number of nitrogens with one attached hydrogen (secondary N) is 2. The molecule has 0 spiro atoms. The molecule has 1 amide bonds. The fraction of sp³-hybridized carbons (Fsp3) is 0.353. The molecule has 8 nitrogen and oxygen atoms in total. The second-order valence-corrected chi connectivity index (χ2v) is 7.56. The second kappa shape index (κ2) is 6.65. The fourth-order valence-electron chi connectivity index (χ4n) is 2.96. The molecule has 2 aromatic rings. The Hall–Kier alpha value is -2.52. The van der Waals surface area contributed by atoms with E-state index in [9.17, 15) is 4.79 Å². The second-order valence-electron chi connectivity index (χ2n) is 6.72. The molecule has 0 saturated heterocycles. The zero-order valence-electron chi connectivity index (χ0n) is 14.5. The van der Waals surface area contributed by atoms with E-state index in [4.69, 9.17) is 10.5 Å². The van der Waals surface area contributed by atoms with Crippen molar-refractivity contribution in [1.82, 2.24) is 14.9 Å². The zero-order chi connectivity index (χ0) is 18.3. The van der Waals surface area contributed by atoms with E-state index in [2.05, 4.69) is 34.8 Å². The molecule has 1 aromatic heterocycles. The van der Waals surface area contributed by atoms with E-state index in [1.54, 1.807) is 0 Å². The SMILES string of the molecule is CC(C)C[C@H](N)c1nnc2n1NC(c1ccc3c(c1)NC(=O)CO3)=CS2. The Labute approximate surface area is 155 Å². The predicted octanol–water partition coefficient (Wildman–Crippen LogP) is 2.30. The summed E-state index contributed by atoms with van der Waals surface area (Å²) in [5.74, 6) is 1.69. The summed E-state index contributed by atoms with van der Waals surface area (Å²) in [6, 6.07) is 5.48. The smallest absolute Gasteiger partial charge is 0.262 e. The molecular weight excluding hydrogens is 352 g/mol. The third-order valence-corrected chi connectivity index (χ3v) is 4.98. The topological polar surface area (TPSA) is 107 Å². The maximum Gasteiger partial charge on any atom is 0.262 e. The van der Waals surface area contributed by atoms with Gasteiger partial charge in [-0.2, -0.15) is 0 Å². The summed E-state index contributed by atoms with van der Waals surface area (Å²) in [5, 5.41) is 14.0. The largest absolute Gasteiger partial charge is 0.482 e. The van der Waals surface area contributed by atoms with Crippen molar-refractivity contribution < 1.29 is 9.53 Å². The molecule has 0 aliphatic carbocycles. The molecule has 4 N–H and O–H groups in total. The highest BCUT2D eigenvalue weighted by Crippen LogP contribution is 2.34. The molecule has 0 fully saturated rings. The van der Waals surface area contributed by atoms with Crippen LogP contribution in [0.1, 0.15) is 37.7 Å². The van der Waals surface area contributed by atoms with Crippen LogP contribution in [0.4, 0.5) is 5.69 Å². The minimum Gasteiger partial charge on any atom is -0.482 e. The Bertz CT molecular complexity index is 891. The van der Waals surface area contributed by atoms with Crippen LogP contribution < -0.4 is 21.2 Å². The van der Waals surface area contributed by atoms with Gasteiger partial charge in [-0.3, -0.25) is 10.2 Å². The third-order valence-electron chi connectivity index (χ3n) is 4.15. The van der Waals surface area contributed by atoms with Crippen molar-refractivity contribution in [2.45, 2.75) is 31.5 Å². The van der Waals surface area contributed by atoms with E-state index in [-0.39, 0.29) is 18.6 Å². The quantitative estimate of drug-likeness (QED) is 0.756. The van der Waals surface area contributed by atoms with Crippen LogP contribution in [0.2, 0.25) is 0 Å². The molecule has 136 valence electrons. The van der Waals surface area contributed by atoms with Gasteiger partial charge in [0.05, 0.1) is 17.4 Å². The van der Waals surface area contributed by atoms with Gasteiger partial charge in [0.1, 0.15) is 5.75 Å². The monoisotopic (exact) mass is 372 g/mol. The number of nitrogens with zero attached hydrogens (tertiary/aromatic N) is 3. The lowest BCUT2D eigenvalue weighted by atomic mass is 10.0. The lowest BCUT2D eigenvalue weighted by Crippen LogP contribution is -2.26. The average molecular weight is 372 g/mol. The van der Waals surface area contributed by atoms with Crippen molar-refractivity contribution in [2.24, 2.45) is 11.7 Å². The van der Waals surface area contributed by atoms with Crippen LogP contribution >= 0.6 is 11.8 Å². The maximum atomic E-state index is 11.5. The number of amides is 1. The highest BCUT2D eigenvalue weighted by molar-refractivity contribution is 8.02. The van der Waals surface area contributed by atoms with Gasteiger partial charge in [0.2, 0.25) is 5.16 Å². The Balaban J connectivity index is 1.60. The van der Waals surface area contributed by atoms with Gasteiger partial charge in [-0.15, -0.1) is 10.2 Å². The number of fused-ring (bicyclic) bond motifs is 2. The van der Waals surface area contributed by atoms with E-state index in [1.807, 2.05) is 28.3 Å².